The van der Waals surface area contributed by atoms with Crippen LogP contribution in [0.3, 0.4) is 0 Å². The van der Waals surface area contributed by atoms with Crippen molar-refractivity contribution in [2.75, 3.05) is 13.1 Å². The molecular weight excluding hydrogens is 354 g/mol. The van der Waals surface area contributed by atoms with E-state index in [-0.39, 0.29) is 42.7 Å². The minimum Gasteiger partial charge on any atom is -0.507 e. The Labute approximate surface area is 162 Å². The van der Waals surface area contributed by atoms with Crippen LogP contribution in [0, 0.1) is 22.7 Å². The summed E-state index contributed by atoms with van der Waals surface area (Å²) in [6.45, 7) is 0.163. The van der Waals surface area contributed by atoms with Gasteiger partial charge in [-0.05, 0) is 23.8 Å². The highest BCUT2D eigenvalue weighted by atomic mass is 16.5. The predicted octanol–water partition coefficient (Wildman–Crippen LogP) is 3.41. The van der Waals surface area contributed by atoms with E-state index in [0.29, 0.717) is 11.1 Å². The molecule has 1 heterocycles. The minimum atomic E-state index is -0.277. The van der Waals surface area contributed by atoms with E-state index in [0.717, 1.165) is 5.56 Å². The highest BCUT2D eigenvalue weighted by molar-refractivity contribution is 6.12. The monoisotopic (exact) mass is 371 g/mol. The Bertz CT molecular complexity index is 1010. The molecule has 6 heteroatoms. The molecule has 0 atom stereocenters. The smallest absolute Gasteiger partial charge is 0.231 e. The summed E-state index contributed by atoms with van der Waals surface area (Å²) in [5.74, 6) is 0.0981. The maximum atomic E-state index is 12.6. The molecule has 2 aromatic carbocycles. The molecular formula is C22H17N3O3. The van der Waals surface area contributed by atoms with Crippen LogP contribution in [-0.4, -0.2) is 28.9 Å². The Balaban J connectivity index is 1.86. The zero-order valence-electron chi connectivity index (χ0n) is 15.0. The highest BCUT2D eigenvalue weighted by Crippen LogP contribution is 2.39. The lowest BCUT2D eigenvalue weighted by Crippen LogP contribution is -2.24. The van der Waals surface area contributed by atoms with Crippen LogP contribution in [0.2, 0.25) is 0 Å². The standard InChI is InChI=1S/C22H17N3O3/c23-11-13-25(14-12-24)15-18-19(26)10-9-17-21(27)20(28-22(17)18)8-4-7-16-5-2-1-3-6-16/h1-10,26H,13-15H2/b7-4+,20-8+. The average molecular weight is 371 g/mol. The van der Waals surface area contributed by atoms with Gasteiger partial charge in [0.2, 0.25) is 5.78 Å². The molecule has 1 aliphatic rings. The van der Waals surface area contributed by atoms with Crippen LogP contribution in [-0.2, 0) is 6.54 Å². The third-order valence-electron chi connectivity index (χ3n) is 4.22. The zero-order valence-corrected chi connectivity index (χ0v) is 15.0. The molecule has 0 radical (unpaired) electrons. The van der Waals surface area contributed by atoms with Gasteiger partial charge in [0.1, 0.15) is 11.5 Å². The van der Waals surface area contributed by atoms with E-state index < -0.39 is 0 Å². The number of carbonyl (C=O) groups is 1. The summed E-state index contributed by atoms with van der Waals surface area (Å²) < 4.78 is 5.73. The SMILES string of the molecule is N#CCN(CC#N)Cc1c(O)ccc2c1O/C(=C/C=C/c1ccccc1)C2=O. The molecule has 0 amide bonds. The molecule has 0 saturated heterocycles. The van der Waals surface area contributed by atoms with Crippen molar-refractivity contribution in [1.29, 1.82) is 10.5 Å². The molecule has 0 spiro atoms. The molecule has 0 aromatic heterocycles. The Morgan fingerprint density at radius 2 is 1.79 bits per heavy atom. The summed E-state index contributed by atoms with van der Waals surface area (Å²) in [5, 5.41) is 28.1. The van der Waals surface area contributed by atoms with E-state index >= 15 is 0 Å². The van der Waals surface area contributed by atoms with Crippen molar-refractivity contribution in [2.45, 2.75) is 6.54 Å². The van der Waals surface area contributed by atoms with Gasteiger partial charge in [-0.25, -0.2) is 0 Å². The quantitative estimate of drug-likeness (QED) is 0.617. The highest BCUT2D eigenvalue weighted by Gasteiger charge is 2.31. The summed E-state index contributed by atoms with van der Waals surface area (Å²) in [7, 11) is 0. The second kappa shape index (κ2) is 8.68. The van der Waals surface area contributed by atoms with Gasteiger partial charge >= 0.3 is 0 Å². The number of aromatic hydroxyl groups is 1. The van der Waals surface area contributed by atoms with Crippen LogP contribution < -0.4 is 4.74 Å². The van der Waals surface area contributed by atoms with Crippen molar-refractivity contribution in [3.8, 4) is 23.6 Å². The minimum absolute atomic E-state index is 0.0210. The van der Waals surface area contributed by atoms with Gasteiger partial charge in [-0.1, -0.05) is 42.5 Å². The van der Waals surface area contributed by atoms with E-state index in [2.05, 4.69) is 0 Å². The Kier molecular flexibility index (Phi) is 5.86. The van der Waals surface area contributed by atoms with E-state index in [1.54, 1.807) is 17.1 Å². The van der Waals surface area contributed by atoms with E-state index in [1.807, 2.05) is 48.5 Å². The molecule has 28 heavy (non-hydrogen) atoms. The van der Waals surface area contributed by atoms with Gasteiger partial charge in [0.25, 0.3) is 0 Å². The number of phenols is 1. The Hall–Kier alpha value is -3.87. The number of nitriles is 2. The van der Waals surface area contributed by atoms with Crippen LogP contribution in [0.5, 0.6) is 11.5 Å². The number of ketones is 1. The van der Waals surface area contributed by atoms with Gasteiger partial charge < -0.3 is 9.84 Å². The fraction of sp³-hybridized carbons (Fsp3) is 0.136. The molecule has 2 aromatic rings. The second-order valence-corrected chi connectivity index (χ2v) is 6.13. The summed E-state index contributed by atoms with van der Waals surface area (Å²) >= 11 is 0. The first-order valence-electron chi connectivity index (χ1n) is 8.61. The van der Waals surface area contributed by atoms with Gasteiger partial charge in [-0.15, -0.1) is 0 Å². The van der Waals surface area contributed by atoms with E-state index in [9.17, 15) is 9.90 Å². The zero-order chi connectivity index (χ0) is 19.9. The predicted molar refractivity (Wildman–Crippen MR) is 103 cm³/mol. The summed E-state index contributed by atoms with van der Waals surface area (Å²) in [4.78, 5) is 14.2. The fourth-order valence-electron chi connectivity index (χ4n) is 2.87. The van der Waals surface area contributed by atoms with Crippen LogP contribution >= 0.6 is 0 Å². The molecule has 0 aliphatic carbocycles. The van der Waals surface area contributed by atoms with Crippen LogP contribution in [0.25, 0.3) is 6.08 Å². The lowest BCUT2D eigenvalue weighted by molar-refractivity contribution is 0.101. The van der Waals surface area contributed by atoms with Crippen LogP contribution in [0.1, 0.15) is 21.5 Å². The fourth-order valence-corrected chi connectivity index (χ4v) is 2.87. The molecule has 0 saturated carbocycles. The number of nitrogens with zero attached hydrogens (tertiary/aromatic N) is 3. The molecule has 0 bridgehead atoms. The maximum absolute atomic E-state index is 12.6. The number of allylic oxidation sites excluding steroid dienone is 3. The van der Waals surface area contributed by atoms with Gasteiger partial charge in [-0.2, -0.15) is 10.5 Å². The van der Waals surface area contributed by atoms with Gasteiger partial charge in [0.15, 0.2) is 5.76 Å². The number of benzene rings is 2. The molecule has 0 unspecified atom stereocenters. The van der Waals surface area contributed by atoms with Crippen molar-refractivity contribution in [1.82, 2.24) is 4.90 Å². The maximum Gasteiger partial charge on any atom is 0.231 e. The molecule has 138 valence electrons. The van der Waals surface area contributed by atoms with E-state index in [1.165, 1.54) is 12.1 Å². The van der Waals surface area contributed by atoms with Gasteiger partial charge in [0, 0.05) is 6.54 Å². The average Bonchev–Trinajstić information content (AvgIpc) is 3.01. The third-order valence-corrected chi connectivity index (χ3v) is 4.22. The Morgan fingerprint density at radius 3 is 2.46 bits per heavy atom. The number of hydrogen-bond acceptors (Lipinski definition) is 6. The van der Waals surface area contributed by atoms with Crippen LogP contribution in [0.4, 0.5) is 0 Å². The van der Waals surface area contributed by atoms with Crippen molar-refractivity contribution in [3.63, 3.8) is 0 Å². The third kappa shape index (κ3) is 4.09. The van der Waals surface area contributed by atoms with Crippen molar-refractivity contribution >= 4 is 11.9 Å². The molecule has 1 N–H and O–H groups in total. The molecule has 6 nitrogen and oxygen atoms in total. The van der Waals surface area contributed by atoms with Crippen LogP contribution in [0.15, 0.2) is 60.4 Å². The first kappa shape index (κ1) is 18.9. The lowest BCUT2D eigenvalue weighted by Gasteiger charge is -2.17. The molecule has 3 rings (SSSR count). The second-order valence-electron chi connectivity index (χ2n) is 6.13. The summed E-state index contributed by atoms with van der Waals surface area (Å²) in [6.07, 6.45) is 5.16. The van der Waals surface area contributed by atoms with Crippen molar-refractivity contribution in [2.24, 2.45) is 0 Å². The number of ether oxygens (including phenoxy) is 1. The van der Waals surface area contributed by atoms with Gasteiger partial charge in [-0.3, -0.25) is 9.69 Å². The number of rotatable bonds is 6. The number of carbonyl (C=O) groups excluding carboxylic acids is 1. The van der Waals surface area contributed by atoms with Crippen molar-refractivity contribution in [3.05, 3.63) is 77.1 Å². The topological polar surface area (TPSA) is 97.3 Å². The largest absolute Gasteiger partial charge is 0.507 e. The molecule has 0 fully saturated rings. The first-order chi connectivity index (χ1) is 13.6. The lowest BCUT2D eigenvalue weighted by atomic mass is 10.0. The number of Topliss-reactive ketones (excluding diaryl/α,β-unsaturated/α-hetero) is 1. The summed E-state index contributed by atoms with van der Waals surface area (Å²) in [5.41, 5.74) is 1.72. The Morgan fingerprint density at radius 1 is 1.07 bits per heavy atom. The first-order valence-corrected chi connectivity index (χ1v) is 8.61. The number of phenolic OH excluding ortho intramolecular Hbond substituents is 1. The van der Waals surface area contributed by atoms with Gasteiger partial charge in [0.05, 0.1) is 36.4 Å². The normalized spacial score (nSPS) is 14.1. The van der Waals surface area contributed by atoms with Crippen molar-refractivity contribution < 1.29 is 14.6 Å². The van der Waals surface area contributed by atoms with E-state index in [4.69, 9.17) is 15.3 Å². The number of fused-ring (bicyclic) bond motifs is 1. The molecule has 1 aliphatic heterocycles. The summed E-state index contributed by atoms with van der Waals surface area (Å²) in [6, 6.07) is 16.6. The number of hydrogen-bond donors (Lipinski definition) is 1.